The molecule has 0 spiro atoms. The maximum Gasteiger partial charge on any atom is 0.298 e. The average molecular weight is 667 g/mol. The zero-order chi connectivity index (χ0) is 33.0. The predicted octanol–water partition coefficient (Wildman–Crippen LogP) is 10.9. The molecule has 0 aliphatic heterocycles. The second kappa shape index (κ2) is 21.8. The highest BCUT2D eigenvalue weighted by Crippen LogP contribution is 2.33. The highest BCUT2D eigenvalue weighted by atomic mass is 32.2. The molecule has 2 aromatic rings. The zero-order valence-electron chi connectivity index (χ0n) is 27.8. The van der Waals surface area contributed by atoms with E-state index in [-0.39, 0.29) is 21.3 Å². The minimum absolute atomic E-state index is 0.0572. The van der Waals surface area contributed by atoms with Crippen molar-refractivity contribution in [3.8, 4) is 11.5 Å². The topological polar surface area (TPSA) is 118 Å². The average Bonchev–Trinajstić information content (AvgIpc) is 2.99. The molecule has 256 valence electrons. The van der Waals surface area contributed by atoms with Crippen LogP contribution in [-0.2, 0) is 33.1 Å². The molecular formula is C36H58O7S2. The van der Waals surface area contributed by atoms with Crippen LogP contribution in [0.3, 0.4) is 0 Å². The van der Waals surface area contributed by atoms with E-state index in [0.29, 0.717) is 18.4 Å². The van der Waals surface area contributed by atoms with E-state index < -0.39 is 20.2 Å². The molecule has 0 unspecified atom stereocenters. The summed E-state index contributed by atoms with van der Waals surface area (Å²) in [6.45, 7) is 4.44. The number of ether oxygens (including phenoxy) is 1. The molecule has 2 rings (SSSR count). The van der Waals surface area contributed by atoms with E-state index in [0.717, 1.165) is 50.5 Å². The van der Waals surface area contributed by atoms with Crippen LogP contribution in [0, 0.1) is 0 Å². The van der Waals surface area contributed by atoms with E-state index in [9.17, 15) is 25.9 Å². The molecule has 0 amide bonds. The molecular weight excluding hydrogens is 609 g/mol. The first kappa shape index (κ1) is 39.2. The summed E-state index contributed by atoms with van der Waals surface area (Å²) in [5.41, 5.74) is 1.27. The van der Waals surface area contributed by atoms with Gasteiger partial charge in [0.2, 0.25) is 0 Å². The summed E-state index contributed by atoms with van der Waals surface area (Å²) in [5.74, 6) is -0.0464. The van der Waals surface area contributed by atoms with Gasteiger partial charge in [-0.1, -0.05) is 142 Å². The molecule has 7 nitrogen and oxygen atoms in total. The lowest BCUT2D eigenvalue weighted by Gasteiger charge is -2.14. The summed E-state index contributed by atoms with van der Waals surface area (Å²) in [6, 6.07) is 9.04. The fourth-order valence-corrected chi connectivity index (χ4v) is 7.22. The monoisotopic (exact) mass is 666 g/mol. The lowest BCUT2D eigenvalue weighted by Crippen LogP contribution is -2.05. The van der Waals surface area contributed by atoms with Gasteiger partial charge in [-0.2, -0.15) is 16.8 Å². The highest BCUT2D eigenvalue weighted by Gasteiger charge is 2.21. The number of aryl methyl sites for hydroxylation is 2. The minimum atomic E-state index is -4.60. The van der Waals surface area contributed by atoms with Crippen molar-refractivity contribution < 1.29 is 30.7 Å². The molecule has 2 aromatic carbocycles. The third-order valence-corrected chi connectivity index (χ3v) is 10.3. The fraction of sp³-hybridized carbons (Fsp3) is 0.667. The van der Waals surface area contributed by atoms with Gasteiger partial charge in [0.05, 0.1) is 0 Å². The minimum Gasteiger partial charge on any atom is -0.456 e. The molecule has 0 bridgehead atoms. The Hall–Kier alpha value is -1.94. The maximum absolute atomic E-state index is 12.2. The molecule has 9 heteroatoms. The van der Waals surface area contributed by atoms with E-state index in [1.165, 1.54) is 102 Å². The van der Waals surface area contributed by atoms with Crippen molar-refractivity contribution in [1.82, 2.24) is 0 Å². The van der Waals surface area contributed by atoms with Crippen LogP contribution in [0.25, 0.3) is 0 Å². The lowest BCUT2D eigenvalue weighted by molar-refractivity contribution is 0.446. The number of benzene rings is 2. The third-order valence-electron chi connectivity index (χ3n) is 8.45. The predicted molar refractivity (Wildman–Crippen MR) is 184 cm³/mol. The first-order valence-electron chi connectivity index (χ1n) is 17.4. The van der Waals surface area contributed by atoms with Crippen LogP contribution in [0.5, 0.6) is 11.5 Å². The van der Waals surface area contributed by atoms with E-state index in [1.54, 1.807) is 18.2 Å². The summed E-state index contributed by atoms with van der Waals surface area (Å²) in [4.78, 5) is -0.614. The second-order valence-corrected chi connectivity index (χ2v) is 15.2. The summed E-state index contributed by atoms with van der Waals surface area (Å²) in [5, 5.41) is 0. The van der Waals surface area contributed by atoms with Crippen LogP contribution < -0.4 is 4.74 Å². The van der Waals surface area contributed by atoms with Gasteiger partial charge in [-0.05, 0) is 55.0 Å². The van der Waals surface area contributed by atoms with Crippen molar-refractivity contribution in [3.05, 3.63) is 47.5 Å². The Bertz CT molecular complexity index is 1320. The van der Waals surface area contributed by atoms with Gasteiger partial charge in [0.15, 0.2) is 0 Å². The molecule has 45 heavy (non-hydrogen) atoms. The molecule has 0 saturated carbocycles. The van der Waals surface area contributed by atoms with Gasteiger partial charge < -0.3 is 4.74 Å². The van der Waals surface area contributed by atoms with Crippen molar-refractivity contribution in [1.29, 1.82) is 0 Å². The summed E-state index contributed by atoms with van der Waals surface area (Å²) in [6.07, 6.45) is 24.9. The van der Waals surface area contributed by atoms with Crippen LogP contribution in [0.1, 0.15) is 153 Å². The van der Waals surface area contributed by atoms with Gasteiger partial charge in [0.25, 0.3) is 20.2 Å². The van der Waals surface area contributed by atoms with Crippen molar-refractivity contribution >= 4 is 20.2 Å². The Balaban J connectivity index is 1.94. The quantitative estimate of drug-likeness (QED) is 0.0757. The highest BCUT2D eigenvalue weighted by molar-refractivity contribution is 7.86. The first-order chi connectivity index (χ1) is 21.6. The fourth-order valence-electron chi connectivity index (χ4n) is 5.79. The van der Waals surface area contributed by atoms with Crippen molar-refractivity contribution in [2.24, 2.45) is 0 Å². The Morgan fingerprint density at radius 2 is 0.956 bits per heavy atom. The molecule has 0 aliphatic carbocycles. The van der Waals surface area contributed by atoms with Gasteiger partial charge >= 0.3 is 0 Å². The van der Waals surface area contributed by atoms with Crippen LogP contribution in [-0.4, -0.2) is 25.9 Å². The van der Waals surface area contributed by atoms with Gasteiger partial charge in [-0.25, -0.2) is 0 Å². The van der Waals surface area contributed by atoms with E-state index in [2.05, 4.69) is 13.8 Å². The van der Waals surface area contributed by atoms with Crippen LogP contribution in [0.4, 0.5) is 0 Å². The van der Waals surface area contributed by atoms with Crippen molar-refractivity contribution in [2.45, 2.75) is 165 Å². The van der Waals surface area contributed by atoms with Gasteiger partial charge in [0.1, 0.15) is 21.3 Å². The number of unbranched alkanes of at least 4 members (excludes halogenated alkanes) is 18. The Labute approximate surface area is 274 Å². The Morgan fingerprint density at radius 3 is 1.42 bits per heavy atom. The summed E-state index contributed by atoms with van der Waals surface area (Å²) < 4.78 is 74.5. The lowest BCUT2D eigenvalue weighted by atomic mass is 10.0. The van der Waals surface area contributed by atoms with Gasteiger partial charge in [-0.15, -0.1) is 0 Å². The molecule has 2 N–H and O–H groups in total. The van der Waals surface area contributed by atoms with Gasteiger partial charge in [-0.3, -0.25) is 9.11 Å². The van der Waals surface area contributed by atoms with E-state index >= 15 is 0 Å². The number of rotatable bonds is 26. The normalized spacial score (nSPS) is 12.1. The smallest absolute Gasteiger partial charge is 0.298 e. The van der Waals surface area contributed by atoms with Crippen LogP contribution in [0.15, 0.2) is 46.2 Å². The van der Waals surface area contributed by atoms with Crippen molar-refractivity contribution in [2.75, 3.05) is 0 Å². The number of hydrogen-bond donors (Lipinski definition) is 2. The Morgan fingerprint density at radius 1 is 0.511 bits per heavy atom. The third kappa shape index (κ3) is 16.4. The molecule has 0 atom stereocenters. The first-order valence-corrected chi connectivity index (χ1v) is 20.3. The molecule has 0 fully saturated rings. The largest absolute Gasteiger partial charge is 0.456 e. The standard InChI is InChI=1S/C36H58O7S2/c1-3-5-7-9-11-13-15-17-19-21-23-31-25-28-34(36(29-31)45(40,41)42)43-33-27-26-32(35(30-33)44(37,38)39)24-22-20-18-16-14-12-10-8-6-4-2/h25-30H,3-24H2,1-2H3,(H,37,38,39)(H,40,41,42). The van der Waals surface area contributed by atoms with E-state index in [4.69, 9.17) is 4.74 Å². The van der Waals surface area contributed by atoms with Gasteiger partial charge in [0, 0.05) is 6.07 Å². The van der Waals surface area contributed by atoms with Crippen molar-refractivity contribution in [3.63, 3.8) is 0 Å². The summed E-state index contributed by atoms with van der Waals surface area (Å²) >= 11 is 0. The number of hydrogen-bond acceptors (Lipinski definition) is 5. The Kier molecular flexibility index (Phi) is 19.0. The molecule has 0 heterocycles. The molecule has 0 radical (unpaired) electrons. The molecule has 0 saturated heterocycles. The maximum atomic E-state index is 12.2. The van der Waals surface area contributed by atoms with Crippen LogP contribution >= 0.6 is 0 Å². The van der Waals surface area contributed by atoms with E-state index in [1.807, 2.05) is 0 Å². The zero-order valence-corrected chi connectivity index (χ0v) is 29.4. The second-order valence-electron chi connectivity index (χ2n) is 12.5. The SMILES string of the molecule is CCCCCCCCCCCCc1ccc(Oc2ccc(CCCCCCCCCCCC)c(S(=O)(=O)O)c2)c(S(=O)(=O)O)c1. The molecule has 0 aromatic heterocycles. The van der Waals surface area contributed by atoms with Crippen LogP contribution in [0.2, 0.25) is 0 Å². The summed E-state index contributed by atoms with van der Waals surface area (Å²) in [7, 11) is -9.12. The molecule has 0 aliphatic rings.